The van der Waals surface area contributed by atoms with E-state index in [4.69, 9.17) is 5.84 Å². The molecule has 94 valence electrons. The first-order valence-electron chi connectivity index (χ1n) is 5.25. The SMILES string of the molecule is NNc1cnc(C(=O)NCCc2nccs2)cn1. The molecule has 0 bridgehead atoms. The summed E-state index contributed by atoms with van der Waals surface area (Å²) in [6.07, 6.45) is 5.22. The summed E-state index contributed by atoms with van der Waals surface area (Å²) >= 11 is 1.56. The van der Waals surface area contributed by atoms with E-state index in [-0.39, 0.29) is 11.6 Å². The Morgan fingerprint density at radius 3 is 2.83 bits per heavy atom. The molecule has 4 N–H and O–H groups in total. The molecule has 18 heavy (non-hydrogen) atoms. The van der Waals surface area contributed by atoms with Crippen molar-refractivity contribution in [2.75, 3.05) is 12.0 Å². The summed E-state index contributed by atoms with van der Waals surface area (Å²) in [5.41, 5.74) is 2.60. The lowest BCUT2D eigenvalue weighted by atomic mass is 10.4. The lowest BCUT2D eigenvalue weighted by Crippen LogP contribution is -2.26. The summed E-state index contributed by atoms with van der Waals surface area (Å²) in [6.45, 7) is 0.519. The van der Waals surface area contributed by atoms with Crippen molar-refractivity contribution in [3.8, 4) is 0 Å². The minimum absolute atomic E-state index is 0.258. The van der Waals surface area contributed by atoms with E-state index in [1.165, 1.54) is 12.4 Å². The normalized spacial score (nSPS) is 10.1. The molecule has 0 fully saturated rings. The lowest BCUT2D eigenvalue weighted by molar-refractivity contribution is 0.0949. The van der Waals surface area contributed by atoms with Gasteiger partial charge in [0.25, 0.3) is 5.91 Å². The van der Waals surface area contributed by atoms with Crippen molar-refractivity contribution in [2.45, 2.75) is 6.42 Å². The van der Waals surface area contributed by atoms with Crippen molar-refractivity contribution in [2.24, 2.45) is 5.84 Å². The smallest absolute Gasteiger partial charge is 0.271 e. The highest BCUT2D eigenvalue weighted by atomic mass is 32.1. The third kappa shape index (κ3) is 3.22. The molecule has 2 aromatic rings. The first kappa shape index (κ1) is 12.4. The lowest BCUT2D eigenvalue weighted by Gasteiger charge is -2.03. The van der Waals surface area contributed by atoms with Crippen LogP contribution in [-0.2, 0) is 6.42 Å². The number of nitrogen functional groups attached to an aromatic ring is 1. The number of nitrogens with two attached hydrogens (primary N) is 1. The molecule has 2 rings (SSSR count). The number of nitrogens with one attached hydrogen (secondary N) is 2. The zero-order valence-electron chi connectivity index (χ0n) is 9.46. The van der Waals surface area contributed by atoms with Gasteiger partial charge >= 0.3 is 0 Å². The van der Waals surface area contributed by atoms with E-state index >= 15 is 0 Å². The predicted octanol–water partition coefficient (Wildman–Crippen LogP) is 0.191. The molecular weight excluding hydrogens is 252 g/mol. The van der Waals surface area contributed by atoms with E-state index in [1.807, 2.05) is 5.38 Å². The summed E-state index contributed by atoms with van der Waals surface area (Å²) in [7, 11) is 0. The fourth-order valence-corrected chi connectivity index (χ4v) is 1.89. The Morgan fingerprint density at radius 1 is 1.33 bits per heavy atom. The second-order valence-corrected chi connectivity index (χ2v) is 4.34. The Bertz CT molecular complexity index is 498. The highest BCUT2D eigenvalue weighted by Gasteiger charge is 2.07. The molecule has 0 aromatic carbocycles. The molecule has 8 heteroatoms. The largest absolute Gasteiger partial charge is 0.350 e. The van der Waals surface area contributed by atoms with Gasteiger partial charge in [0.05, 0.1) is 17.4 Å². The Hall–Kier alpha value is -2.06. The molecule has 0 radical (unpaired) electrons. The zero-order chi connectivity index (χ0) is 12.8. The number of carbonyl (C=O) groups is 1. The molecule has 0 saturated heterocycles. The second kappa shape index (κ2) is 6.03. The Kier molecular flexibility index (Phi) is 4.15. The third-order valence-electron chi connectivity index (χ3n) is 2.14. The van der Waals surface area contributed by atoms with Crippen LogP contribution in [0.4, 0.5) is 5.82 Å². The number of hydrogen-bond donors (Lipinski definition) is 3. The van der Waals surface area contributed by atoms with E-state index < -0.39 is 0 Å². The average molecular weight is 264 g/mol. The average Bonchev–Trinajstić information content (AvgIpc) is 2.92. The van der Waals surface area contributed by atoms with Crippen LogP contribution in [0.5, 0.6) is 0 Å². The summed E-state index contributed by atoms with van der Waals surface area (Å²) in [5.74, 6) is 5.30. The molecule has 0 saturated carbocycles. The highest BCUT2D eigenvalue weighted by molar-refractivity contribution is 7.09. The summed E-state index contributed by atoms with van der Waals surface area (Å²) < 4.78 is 0. The van der Waals surface area contributed by atoms with Gasteiger partial charge in [-0.2, -0.15) is 0 Å². The van der Waals surface area contributed by atoms with E-state index in [9.17, 15) is 4.79 Å². The van der Waals surface area contributed by atoms with Crippen molar-refractivity contribution < 1.29 is 4.79 Å². The van der Waals surface area contributed by atoms with Crippen molar-refractivity contribution >= 4 is 23.1 Å². The van der Waals surface area contributed by atoms with Gasteiger partial charge in [-0.15, -0.1) is 11.3 Å². The molecule has 2 aromatic heterocycles. The molecule has 1 amide bonds. The maximum Gasteiger partial charge on any atom is 0.271 e. The Morgan fingerprint density at radius 2 is 2.22 bits per heavy atom. The number of carbonyl (C=O) groups excluding carboxylic acids is 1. The monoisotopic (exact) mass is 264 g/mol. The van der Waals surface area contributed by atoms with Gasteiger partial charge in [0.15, 0.2) is 5.82 Å². The molecule has 2 heterocycles. The van der Waals surface area contributed by atoms with Gasteiger partial charge in [0, 0.05) is 24.5 Å². The van der Waals surface area contributed by atoms with Gasteiger partial charge in [-0.25, -0.2) is 20.8 Å². The molecule has 0 unspecified atom stereocenters. The minimum Gasteiger partial charge on any atom is -0.350 e. The van der Waals surface area contributed by atoms with Crippen LogP contribution in [0.25, 0.3) is 0 Å². The number of rotatable bonds is 5. The van der Waals surface area contributed by atoms with Crippen LogP contribution in [0, 0.1) is 0 Å². The highest BCUT2D eigenvalue weighted by Crippen LogP contribution is 2.04. The van der Waals surface area contributed by atoms with Gasteiger partial charge in [-0.05, 0) is 0 Å². The van der Waals surface area contributed by atoms with Crippen LogP contribution < -0.4 is 16.6 Å². The van der Waals surface area contributed by atoms with Crippen LogP contribution >= 0.6 is 11.3 Å². The number of anilines is 1. The zero-order valence-corrected chi connectivity index (χ0v) is 10.3. The van der Waals surface area contributed by atoms with Gasteiger partial charge < -0.3 is 10.7 Å². The summed E-state index contributed by atoms with van der Waals surface area (Å²) in [5, 5.41) is 5.64. The number of amides is 1. The first-order chi connectivity index (χ1) is 8.79. The molecule has 0 spiro atoms. The second-order valence-electron chi connectivity index (χ2n) is 3.36. The number of hydrazine groups is 1. The standard InChI is InChI=1S/C10H12N6OS/c11-16-8-6-14-7(5-15-8)10(17)13-2-1-9-12-3-4-18-9/h3-6H,1-2,11H2,(H,13,17)(H,15,16). The van der Waals surface area contributed by atoms with E-state index in [1.54, 1.807) is 17.5 Å². The quantitative estimate of drug-likeness (QED) is 0.526. The first-order valence-corrected chi connectivity index (χ1v) is 6.13. The fourth-order valence-electron chi connectivity index (χ4n) is 1.27. The molecular formula is C10H12N6OS. The van der Waals surface area contributed by atoms with Crippen LogP contribution in [0.3, 0.4) is 0 Å². The molecule has 0 aliphatic carbocycles. The predicted molar refractivity (Wildman–Crippen MR) is 68.0 cm³/mol. The van der Waals surface area contributed by atoms with E-state index in [0.717, 1.165) is 5.01 Å². The number of aromatic nitrogens is 3. The van der Waals surface area contributed by atoms with Gasteiger partial charge in [0.1, 0.15) is 5.69 Å². The van der Waals surface area contributed by atoms with Crippen molar-refractivity contribution in [1.82, 2.24) is 20.3 Å². The van der Waals surface area contributed by atoms with Gasteiger partial charge in [0.2, 0.25) is 0 Å². The Labute approximate surface area is 107 Å². The minimum atomic E-state index is -0.261. The molecule has 0 atom stereocenters. The van der Waals surface area contributed by atoms with Crippen molar-refractivity contribution in [1.29, 1.82) is 0 Å². The molecule has 0 aliphatic rings. The van der Waals surface area contributed by atoms with Crippen LogP contribution in [0.15, 0.2) is 24.0 Å². The fraction of sp³-hybridized carbons (Fsp3) is 0.200. The summed E-state index contributed by atoms with van der Waals surface area (Å²) in [6, 6.07) is 0. The van der Waals surface area contributed by atoms with Crippen LogP contribution in [0.2, 0.25) is 0 Å². The maximum absolute atomic E-state index is 11.7. The number of hydrogen-bond acceptors (Lipinski definition) is 7. The van der Waals surface area contributed by atoms with Crippen LogP contribution in [-0.4, -0.2) is 27.4 Å². The van der Waals surface area contributed by atoms with Crippen molar-refractivity contribution in [3.05, 3.63) is 34.7 Å². The van der Waals surface area contributed by atoms with E-state index in [0.29, 0.717) is 18.8 Å². The molecule has 7 nitrogen and oxygen atoms in total. The van der Waals surface area contributed by atoms with Gasteiger partial charge in [-0.3, -0.25) is 4.79 Å². The van der Waals surface area contributed by atoms with E-state index in [2.05, 4.69) is 25.7 Å². The van der Waals surface area contributed by atoms with Gasteiger partial charge in [-0.1, -0.05) is 0 Å². The maximum atomic E-state index is 11.7. The number of thiazole rings is 1. The van der Waals surface area contributed by atoms with Crippen LogP contribution in [0.1, 0.15) is 15.5 Å². The third-order valence-corrected chi connectivity index (χ3v) is 2.98. The Balaban J connectivity index is 1.83. The van der Waals surface area contributed by atoms with Crippen molar-refractivity contribution in [3.63, 3.8) is 0 Å². The topological polar surface area (TPSA) is 106 Å². The molecule has 0 aliphatic heterocycles. The summed E-state index contributed by atoms with van der Waals surface area (Å²) in [4.78, 5) is 23.7. The number of nitrogens with zero attached hydrogens (tertiary/aromatic N) is 3.